The Balaban J connectivity index is 1.54. The maximum absolute atomic E-state index is 4.60. The summed E-state index contributed by atoms with van der Waals surface area (Å²) < 4.78 is 3.91. The lowest BCUT2D eigenvalue weighted by molar-refractivity contribution is 0.569. The number of aryl methyl sites for hydroxylation is 1. The summed E-state index contributed by atoms with van der Waals surface area (Å²) in [6, 6.07) is 18.8. The van der Waals surface area contributed by atoms with Crippen LogP contribution in [0.3, 0.4) is 0 Å². The first-order chi connectivity index (χ1) is 13.6. The topological polar surface area (TPSA) is 47.7 Å². The Kier molecular flexibility index (Phi) is 5.08. The SMILES string of the molecule is Cc1ccc(-n2cccn2)c(CNC(C)c2cnn(-c3ccccc3)c2C)c1. The zero-order valence-corrected chi connectivity index (χ0v) is 16.5. The molecule has 4 rings (SSSR count). The van der Waals surface area contributed by atoms with Gasteiger partial charge in [-0.15, -0.1) is 0 Å². The summed E-state index contributed by atoms with van der Waals surface area (Å²) in [5.41, 5.74) is 7.02. The first-order valence-electron chi connectivity index (χ1n) is 9.56. The minimum Gasteiger partial charge on any atom is -0.306 e. The van der Waals surface area contributed by atoms with Crippen molar-refractivity contribution in [2.45, 2.75) is 33.4 Å². The van der Waals surface area contributed by atoms with Gasteiger partial charge in [-0.05, 0) is 50.6 Å². The average Bonchev–Trinajstić information content (AvgIpc) is 3.37. The molecule has 28 heavy (non-hydrogen) atoms. The number of para-hydroxylation sites is 1. The highest BCUT2D eigenvalue weighted by atomic mass is 15.3. The van der Waals surface area contributed by atoms with Gasteiger partial charge in [0.15, 0.2) is 0 Å². The van der Waals surface area contributed by atoms with Crippen LogP contribution in [0.5, 0.6) is 0 Å². The second-order valence-corrected chi connectivity index (χ2v) is 7.12. The Morgan fingerprint density at radius 2 is 1.82 bits per heavy atom. The van der Waals surface area contributed by atoms with E-state index in [4.69, 9.17) is 0 Å². The summed E-state index contributed by atoms with van der Waals surface area (Å²) >= 11 is 0. The molecule has 1 unspecified atom stereocenters. The van der Waals surface area contributed by atoms with Gasteiger partial charge in [0.2, 0.25) is 0 Å². The molecule has 142 valence electrons. The summed E-state index contributed by atoms with van der Waals surface area (Å²) in [4.78, 5) is 0. The van der Waals surface area contributed by atoms with E-state index < -0.39 is 0 Å². The summed E-state index contributed by atoms with van der Waals surface area (Å²) in [5.74, 6) is 0. The molecule has 0 aliphatic rings. The van der Waals surface area contributed by atoms with Crippen molar-refractivity contribution in [1.82, 2.24) is 24.9 Å². The Labute approximate surface area is 165 Å². The fourth-order valence-corrected chi connectivity index (χ4v) is 3.54. The van der Waals surface area contributed by atoms with Crippen molar-refractivity contribution in [2.24, 2.45) is 0 Å². The van der Waals surface area contributed by atoms with Crippen LogP contribution in [0.1, 0.15) is 35.3 Å². The number of benzene rings is 2. The molecular formula is C23H25N5. The van der Waals surface area contributed by atoms with Crippen molar-refractivity contribution < 1.29 is 0 Å². The van der Waals surface area contributed by atoms with Gasteiger partial charge < -0.3 is 5.32 Å². The lowest BCUT2D eigenvalue weighted by Gasteiger charge is -2.17. The molecule has 2 aromatic heterocycles. The summed E-state index contributed by atoms with van der Waals surface area (Å²) in [6.07, 6.45) is 5.75. The second-order valence-electron chi connectivity index (χ2n) is 7.12. The van der Waals surface area contributed by atoms with Gasteiger partial charge in [-0.2, -0.15) is 10.2 Å². The molecule has 0 saturated carbocycles. The molecule has 0 radical (unpaired) electrons. The lowest BCUT2D eigenvalue weighted by atomic mass is 10.1. The van der Waals surface area contributed by atoms with E-state index in [0.29, 0.717) is 0 Å². The molecule has 0 fully saturated rings. The van der Waals surface area contributed by atoms with E-state index in [1.165, 1.54) is 16.7 Å². The lowest BCUT2D eigenvalue weighted by Crippen LogP contribution is -2.20. The van der Waals surface area contributed by atoms with Gasteiger partial charge in [-0.3, -0.25) is 0 Å². The Morgan fingerprint density at radius 3 is 2.57 bits per heavy atom. The molecule has 4 aromatic rings. The van der Waals surface area contributed by atoms with Crippen molar-refractivity contribution >= 4 is 0 Å². The Hall–Kier alpha value is -3.18. The van der Waals surface area contributed by atoms with E-state index in [1.807, 2.05) is 46.0 Å². The van der Waals surface area contributed by atoms with Gasteiger partial charge in [0.25, 0.3) is 0 Å². The van der Waals surface area contributed by atoms with Gasteiger partial charge in [0.05, 0.1) is 17.6 Å². The van der Waals surface area contributed by atoms with Gasteiger partial charge in [-0.25, -0.2) is 9.36 Å². The zero-order chi connectivity index (χ0) is 19.5. The van der Waals surface area contributed by atoms with Crippen LogP contribution < -0.4 is 5.32 Å². The molecule has 5 nitrogen and oxygen atoms in total. The van der Waals surface area contributed by atoms with Crippen LogP contribution in [0.2, 0.25) is 0 Å². The average molecular weight is 371 g/mol. The van der Waals surface area contributed by atoms with Gasteiger partial charge in [0.1, 0.15) is 0 Å². The monoisotopic (exact) mass is 371 g/mol. The maximum atomic E-state index is 4.60. The highest BCUT2D eigenvalue weighted by Gasteiger charge is 2.15. The minimum atomic E-state index is 0.184. The minimum absolute atomic E-state index is 0.184. The smallest absolute Gasteiger partial charge is 0.0690 e. The number of hydrogen-bond donors (Lipinski definition) is 1. The largest absolute Gasteiger partial charge is 0.306 e. The number of nitrogens with one attached hydrogen (secondary N) is 1. The zero-order valence-electron chi connectivity index (χ0n) is 16.5. The third kappa shape index (κ3) is 3.62. The van der Waals surface area contributed by atoms with E-state index in [-0.39, 0.29) is 6.04 Å². The first kappa shape index (κ1) is 18.2. The van der Waals surface area contributed by atoms with Crippen LogP contribution in [0.4, 0.5) is 0 Å². The Bertz CT molecular complexity index is 1050. The third-order valence-electron chi connectivity index (χ3n) is 5.10. The molecule has 5 heteroatoms. The van der Waals surface area contributed by atoms with Crippen LogP contribution in [0.15, 0.2) is 73.2 Å². The summed E-state index contributed by atoms with van der Waals surface area (Å²) in [7, 11) is 0. The highest BCUT2D eigenvalue weighted by Crippen LogP contribution is 2.22. The molecule has 0 bridgehead atoms. The van der Waals surface area contributed by atoms with Crippen LogP contribution in [0.25, 0.3) is 11.4 Å². The van der Waals surface area contributed by atoms with Crippen molar-refractivity contribution in [3.8, 4) is 11.4 Å². The first-order valence-corrected chi connectivity index (χ1v) is 9.56. The van der Waals surface area contributed by atoms with E-state index in [2.05, 4.69) is 66.6 Å². The Morgan fingerprint density at radius 1 is 1.00 bits per heavy atom. The fraction of sp³-hybridized carbons (Fsp3) is 0.217. The summed E-state index contributed by atoms with van der Waals surface area (Å²) in [6.45, 7) is 7.18. The number of aromatic nitrogens is 4. The fourth-order valence-electron chi connectivity index (χ4n) is 3.54. The quantitative estimate of drug-likeness (QED) is 0.542. The maximum Gasteiger partial charge on any atom is 0.0690 e. The molecule has 0 amide bonds. The summed E-state index contributed by atoms with van der Waals surface area (Å²) in [5, 5.41) is 12.6. The molecule has 2 heterocycles. The normalized spacial score (nSPS) is 12.2. The standard InChI is InChI=1S/C23H25N5/c1-17-10-11-23(27-13-7-12-25-27)20(14-17)15-24-18(2)22-16-26-28(19(22)3)21-8-5-4-6-9-21/h4-14,16,18,24H,15H2,1-3H3. The van der Waals surface area contributed by atoms with Crippen molar-refractivity contribution in [3.63, 3.8) is 0 Å². The van der Waals surface area contributed by atoms with Gasteiger partial charge >= 0.3 is 0 Å². The van der Waals surface area contributed by atoms with Crippen LogP contribution in [0, 0.1) is 13.8 Å². The van der Waals surface area contributed by atoms with Gasteiger partial charge in [-0.1, -0.05) is 35.9 Å². The molecule has 0 spiro atoms. The molecule has 2 aromatic carbocycles. The predicted molar refractivity (Wildman–Crippen MR) is 112 cm³/mol. The van der Waals surface area contributed by atoms with E-state index in [9.17, 15) is 0 Å². The number of hydrogen-bond acceptors (Lipinski definition) is 3. The molecule has 0 saturated heterocycles. The second kappa shape index (κ2) is 7.82. The predicted octanol–water partition coefficient (Wildman–Crippen LogP) is 4.53. The number of nitrogens with zero attached hydrogens (tertiary/aromatic N) is 4. The van der Waals surface area contributed by atoms with Crippen molar-refractivity contribution in [1.29, 1.82) is 0 Å². The van der Waals surface area contributed by atoms with E-state index in [0.717, 1.165) is 23.6 Å². The molecule has 0 aliphatic heterocycles. The molecule has 1 N–H and O–H groups in total. The molecular weight excluding hydrogens is 346 g/mol. The number of rotatable bonds is 6. The highest BCUT2D eigenvalue weighted by molar-refractivity contribution is 5.43. The molecule has 1 atom stereocenters. The van der Waals surface area contributed by atoms with Gasteiger partial charge in [0, 0.05) is 36.2 Å². The third-order valence-corrected chi connectivity index (χ3v) is 5.10. The van der Waals surface area contributed by atoms with E-state index >= 15 is 0 Å². The molecule has 0 aliphatic carbocycles. The van der Waals surface area contributed by atoms with Crippen LogP contribution in [-0.2, 0) is 6.54 Å². The van der Waals surface area contributed by atoms with Crippen molar-refractivity contribution in [2.75, 3.05) is 0 Å². The van der Waals surface area contributed by atoms with Crippen molar-refractivity contribution in [3.05, 3.63) is 95.6 Å². The van der Waals surface area contributed by atoms with Crippen LogP contribution in [-0.4, -0.2) is 19.6 Å². The van der Waals surface area contributed by atoms with Crippen LogP contribution >= 0.6 is 0 Å². The van der Waals surface area contributed by atoms with E-state index in [1.54, 1.807) is 6.20 Å².